The molecule has 0 saturated carbocycles. The van der Waals surface area contributed by atoms with Gasteiger partial charge in [0, 0.05) is 15.2 Å². The molecule has 0 aromatic heterocycles. The van der Waals surface area contributed by atoms with Gasteiger partial charge in [0.15, 0.2) is 0 Å². The summed E-state index contributed by atoms with van der Waals surface area (Å²) >= 11 is 9.78. The van der Waals surface area contributed by atoms with E-state index in [4.69, 9.17) is 33.1 Å². The molecule has 0 saturated heterocycles. The quantitative estimate of drug-likeness (QED) is 0.408. The van der Waals surface area contributed by atoms with Crippen molar-refractivity contribution in [1.29, 1.82) is 0 Å². The molecule has 0 nitrogen and oxygen atoms in total. The Morgan fingerprint density at radius 3 is 1.43 bits per heavy atom. The number of thiol groups is 2. The summed E-state index contributed by atoms with van der Waals surface area (Å²) in [5.41, 5.74) is 11.9. The first kappa shape index (κ1) is 23.5. The zero-order valence-corrected chi connectivity index (χ0v) is 21.3. The number of hydrogen-bond acceptors (Lipinski definition) is 2. The van der Waals surface area contributed by atoms with Crippen LogP contribution in [0.25, 0.3) is 0 Å². The molecule has 0 N–H and O–H groups in total. The molecule has 0 heterocycles. The summed E-state index contributed by atoms with van der Waals surface area (Å²) in [6.07, 6.45) is 0. The third-order valence-corrected chi connectivity index (χ3v) is 7.83. The lowest BCUT2D eigenvalue weighted by atomic mass is 9.64. The highest BCUT2D eigenvalue weighted by Crippen LogP contribution is 2.44. The fourth-order valence-electron chi connectivity index (χ4n) is 5.12. The number of hydrogen-bond donors (Lipinski definition) is 2. The Morgan fingerprint density at radius 2 is 0.964 bits per heavy atom. The van der Waals surface area contributed by atoms with Crippen LogP contribution in [0.2, 0.25) is 0 Å². The van der Waals surface area contributed by atoms with Crippen LogP contribution in [0.4, 0.5) is 0 Å². The molecular formula is C25H35BS2. The van der Waals surface area contributed by atoms with Crippen LogP contribution in [-0.2, 0) is 10.8 Å². The van der Waals surface area contributed by atoms with Crippen molar-refractivity contribution in [3.63, 3.8) is 0 Å². The summed E-state index contributed by atoms with van der Waals surface area (Å²) in [6, 6.07) is 0. The highest BCUT2D eigenvalue weighted by molar-refractivity contribution is 7.80. The van der Waals surface area contributed by atoms with Gasteiger partial charge in [0.25, 0.3) is 0 Å². The molecule has 0 unspecified atom stereocenters. The van der Waals surface area contributed by atoms with Gasteiger partial charge in [0.05, 0.1) is 0 Å². The zero-order chi connectivity index (χ0) is 21.9. The van der Waals surface area contributed by atoms with Crippen molar-refractivity contribution in [3.8, 4) is 0 Å². The predicted octanol–water partition coefficient (Wildman–Crippen LogP) is 6.53. The van der Waals surface area contributed by atoms with E-state index in [-0.39, 0.29) is 10.8 Å². The van der Waals surface area contributed by atoms with Crippen molar-refractivity contribution in [1.82, 2.24) is 0 Å². The molecule has 0 atom stereocenters. The highest BCUT2D eigenvalue weighted by Gasteiger charge is 2.34. The molecule has 2 rings (SSSR count). The van der Waals surface area contributed by atoms with Gasteiger partial charge in [-0.05, 0) is 91.5 Å². The van der Waals surface area contributed by atoms with Crippen LogP contribution in [0, 0.1) is 41.5 Å². The molecule has 0 fully saturated rings. The van der Waals surface area contributed by atoms with Crippen molar-refractivity contribution < 1.29 is 0 Å². The lowest BCUT2D eigenvalue weighted by Crippen LogP contribution is -2.35. The Hall–Kier alpha value is -0.795. The summed E-state index contributed by atoms with van der Waals surface area (Å²) in [4.78, 5) is 2.10. The standard InChI is InChI=1S/C25H35BS2/c1-12-13(2)19(21(26)16(5)18(12)24(7,8)9)25(10,11)20-17(6)22(27)14(3)15(4)23(20)28/h27-28H,1-11H3. The van der Waals surface area contributed by atoms with Crippen LogP contribution in [0.1, 0.15) is 84.7 Å². The Bertz CT molecular complexity index is 902. The lowest BCUT2D eigenvalue weighted by molar-refractivity contribution is 0.575. The fourth-order valence-corrected chi connectivity index (χ4v) is 6.01. The maximum absolute atomic E-state index is 6.84. The van der Waals surface area contributed by atoms with Gasteiger partial charge in [-0.15, -0.1) is 25.3 Å². The maximum Gasteiger partial charge on any atom is 0.114 e. The summed E-state index contributed by atoms with van der Waals surface area (Å²) in [5.74, 6) is 0. The summed E-state index contributed by atoms with van der Waals surface area (Å²) in [5, 5.41) is 0. The second kappa shape index (κ2) is 7.47. The molecule has 150 valence electrons. The van der Waals surface area contributed by atoms with Crippen molar-refractivity contribution in [2.75, 3.05) is 0 Å². The van der Waals surface area contributed by atoms with Gasteiger partial charge in [-0.3, -0.25) is 0 Å². The minimum Gasteiger partial charge on any atom is -0.143 e. The minimum absolute atomic E-state index is 0.0546. The fraction of sp³-hybridized carbons (Fsp3) is 0.520. The summed E-state index contributed by atoms with van der Waals surface area (Å²) in [6.45, 7) is 24.3. The molecule has 2 aromatic rings. The van der Waals surface area contributed by atoms with Gasteiger partial charge < -0.3 is 0 Å². The van der Waals surface area contributed by atoms with Gasteiger partial charge in [0.1, 0.15) is 7.85 Å². The zero-order valence-electron chi connectivity index (χ0n) is 19.5. The van der Waals surface area contributed by atoms with Gasteiger partial charge in [-0.1, -0.05) is 45.6 Å². The normalized spacial score (nSPS) is 12.6. The van der Waals surface area contributed by atoms with Gasteiger partial charge in [-0.25, -0.2) is 0 Å². The van der Waals surface area contributed by atoms with Crippen molar-refractivity contribution >= 4 is 38.6 Å². The molecule has 2 aromatic carbocycles. The smallest absolute Gasteiger partial charge is 0.114 e. The Kier molecular flexibility index (Phi) is 6.27. The van der Waals surface area contributed by atoms with E-state index in [1.165, 1.54) is 50.1 Å². The largest absolute Gasteiger partial charge is 0.143 e. The minimum atomic E-state index is -0.281. The topological polar surface area (TPSA) is 0 Å². The van der Waals surface area contributed by atoms with E-state index in [0.29, 0.717) is 0 Å². The monoisotopic (exact) mass is 410 g/mol. The molecule has 0 aliphatic rings. The van der Waals surface area contributed by atoms with E-state index in [1.807, 2.05) is 0 Å². The highest BCUT2D eigenvalue weighted by atomic mass is 32.1. The van der Waals surface area contributed by atoms with Crippen LogP contribution in [0.5, 0.6) is 0 Å². The molecule has 0 aliphatic heterocycles. The van der Waals surface area contributed by atoms with E-state index >= 15 is 0 Å². The van der Waals surface area contributed by atoms with Crippen LogP contribution < -0.4 is 5.46 Å². The van der Waals surface area contributed by atoms with E-state index in [9.17, 15) is 0 Å². The third kappa shape index (κ3) is 3.47. The van der Waals surface area contributed by atoms with Crippen molar-refractivity contribution in [2.45, 2.75) is 96.8 Å². The van der Waals surface area contributed by atoms with E-state index < -0.39 is 0 Å². The van der Waals surface area contributed by atoms with Crippen LogP contribution in [0.3, 0.4) is 0 Å². The average Bonchev–Trinajstić information content (AvgIpc) is 2.55. The molecule has 28 heavy (non-hydrogen) atoms. The van der Waals surface area contributed by atoms with E-state index in [2.05, 4.69) is 76.2 Å². The summed E-state index contributed by atoms with van der Waals surface area (Å²) < 4.78 is 0. The molecule has 0 aliphatic carbocycles. The molecule has 0 amide bonds. The van der Waals surface area contributed by atoms with Crippen molar-refractivity contribution in [3.05, 3.63) is 50.1 Å². The average molecular weight is 411 g/mol. The number of rotatable bonds is 2. The first-order chi connectivity index (χ1) is 12.6. The Labute approximate surface area is 185 Å². The predicted molar refractivity (Wildman–Crippen MR) is 132 cm³/mol. The second-order valence-electron chi connectivity index (χ2n) is 9.86. The van der Waals surface area contributed by atoms with Crippen LogP contribution in [-0.4, -0.2) is 7.85 Å². The first-order valence-electron chi connectivity index (χ1n) is 9.99. The van der Waals surface area contributed by atoms with E-state index in [1.54, 1.807) is 0 Å². The molecule has 3 heteroatoms. The maximum atomic E-state index is 6.84. The third-order valence-electron chi connectivity index (χ3n) is 6.60. The number of benzene rings is 2. The molecule has 2 radical (unpaired) electrons. The van der Waals surface area contributed by atoms with Gasteiger partial charge >= 0.3 is 0 Å². The van der Waals surface area contributed by atoms with Crippen molar-refractivity contribution in [2.24, 2.45) is 0 Å². The Balaban J connectivity index is 2.98. The van der Waals surface area contributed by atoms with Crippen LogP contribution >= 0.6 is 25.3 Å². The SMILES string of the molecule is [B]c1c(C)c(C(C)(C)C)c(C)c(C)c1C(C)(C)c1c(C)c(S)c(C)c(C)c1S. The summed E-state index contributed by atoms with van der Waals surface area (Å²) in [7, 11) is 6.84. The second-order valence-corrected chi connectivity index (χ2v) is 10.8. The first-order valence-corrected chi connectivity index (χ1v) is 10.9. The van der Waals surface area contributed by atoms with E-state index in [0.717, 1.165) is 15.3 Å². The molecule has 0 bridgehead atoms. The molecular weight excluding hydrogens is 375 g/mol. The lowest BCUT2D eigenvalue weighted by Gasteiger charge is -2.38. The Morgan fingerprint density at radius 1 is 0.536 bits per heavy atom. The molecule has 0 spiro atoms. The van der Waals surface area contributed by atoms with Gasteiger partial charge in [0.2, 0.25) is 0 Å². The van der Waals surface area contributed by atoms with Gasteiger partial charge in [-0.2, -0.15) is 0 Å². The van der Waals surface area contributed by atoms with Crippen LogP contribution in [0.15, 0.2) is 9.79 Å².